The van der Waals surface area contributed by atoms with Gasteiger partial charge >= 0.3 is 0 Å². The molecule has 32 heavy (non-hydrogen) atoms. The summed E-state index contributed by atoms with van der Waals surface area (Å²) in [7, 11) is -3.54. The molecule has 2 aromatic heterocycles. The number of hydrogen-bond donors (Lipinski definition) is 1. The van der Waals surface area contributed by atoms with Gasteiger partial charge in [0.25, 0.3) is 0 Å². The van der Waals surface area contributed by atoms with E-state index in [2.05, 4.69) is 9.88 Å². The third-order valence-electron chi connectivity index (χ3n) is 6.32. The van der Waals surface area contributed by atoms with Crippen LogP contribution in [-0.2, 0) is 19.3 Å². The Bertz CT molecular complexity index is 1320. The second-order valence-corrected chi connectivity index (χ2v) is 11.4. The molecule has 0 radical (unpaired) electrons. The lowest BCUT2D eigenvalue weighted by Crippen LogP contribution is -2.56. The summed E-state index contributed by atoms with van der Waals surface area (Å²) in [5, 5.41) is 0. The predicted octanol–water partition coefficient (Wildman–Crippen LogP) is 1.66. The fourth-order valence-electron chi connectivity index (χ4n) is 4.26. The monoisotopic (exact) mass is 458 g/mol. The van der Waals surface area contributed by atoms with E-state index in [1.807, 2.05) is 31.2 Å². The van der Waals surface area contributed by atoms with Crippen molar-refractivity contribution in [2.45, 2.75) is 37.6 Å². The smallest absolute Gasteiger partial charge is 0.239 e. The average molecular weight is 459 g/mol. The highest BCUT2D eigenvalue weighted by atomic mass is 32.2. The molecule has 0 spiro atoms. The van der Waals surface area contributed by atoms with Crippen LogP contribution in [0.5, 0.6) is 5.75 Å². The molecule has 2 atom stereocenters. The number of morpholine rings is 1. The molecular weight excluding hydrogens is 432 g/mol. The lowest BCUT2D eigenvalue weighted by atomic mass is 10.0. The zero-order chi connectivity index (χ0) is 22.8. The summed E-state index contributed by atoms with van der Waals surface area (Å²) in [5.41, 5.74) is 7.99. The van der Waals surface area contributed by atoms with Crippen molar-refractivity contribution in [2.75, 3.05) is 36.7 Å². The number of anilines is 2. The van der Waals surface area contributed by atoms with Crippen molar-refractivity contribution < 1.29 is 17.9 Å². The van der Waals surface area contributed by atoms with E-state index in [1.54, 1.807) is 18.4 Å². The van der Waals surface area contributed by atoms with E-state index in [4.69, 9.17) is 25.2 Å². The topological polar surface area (TPSA) is 125 Å². The molecule has 2 aliphatic rings. The number of para-hydroxylation sites is 2. The summed E-state index contributed by atoms with van der Waals surface area (Å²) in [6.07, 6.45) is 1.20. The standard InChI is InChI=1S/C21H26N6O4S/c1-12-9-30-10-13-11-31-16-17(21(2,3)32(4,28)29)24-20(25-18(16)26(12)13)27-15-8-6-5-7-14(15)23-19(27)22/h5-8,12-13H,9-11H2,1-4H3,(H2,22,23)/t12-,13+/m1/s1. The summed E-state index contributed by atoms with van der Waals surface area (Å²) in [5.74, 6) is 1.41. The van der Waals surface area contributed by atoms with Crippen molar-refractivity contribution in [1.29, 1.82) is 0 Å². The molecule has 1 saturated heterocycles. The van der Waals surface area contributed by atoms with Crippen molar-refractivity contribution in [3.63, 3.8) is 0 Å². The maximum Gasteiger partial charge on any atom is 0.239 e. The van der Waals surface area contributed by atoms with Gasteiger partial charge in [-0.3, -0.25) is 0 Å². The van der Waals surface area contributed by atoms with Gasteiger partial charge in [-0.1, -0.05) is 12.1 Å². The Morgan fingerprint density at radius 2 is 1.88 bits per heavy atom. The van der Waals surface area contributed by atoms with Crippen molar-refractivity contribution in [1.82, 2.24) is 19.5 Å². The Morgan fingerprint density at radius 3 is 2.62 bits per heavy atom. The van der Waals surface area contributed by atoms with Crippen LogP contribution in [0.2, 0.25) is 0 Å². The van der Waals surface area contributed by atoms with E-state index in [1.165, 1.54) is 6.26 Å². The number of hydrogen-bond acceptors (Lipinski definition) is 9. The third kappa shape index (κ3) is 3.02. The summed E-state index contributed by atoms with van der Waals surface area (Å²) >= 11 is 0. The zero-order valence-corrected chi connectivity index (χ0v) is 19.3. The van der Waals surface area contributed by atoms with Gasteiger partial charge in [0.15, 0.2) is 21.4 Å². The Balaban J connectivity index is 1.82. The Kier molecular flexibility index (Phi) is 4.61. The maximum absolute atomic E-state index is 12.8. The van der Waals surface area contributed by atoms with Gasteiger partial charge < -0.3 is 20.1 Å². The molecule has 11 heteroatoms. The van der Waals surface area contributed by atoms with E-state index in [9.17, 15) is 8.42 Å². The largest absolute Gasteiger partial charge is 0.486 e. The number of nitrogens with two attached hydrogens (primary N) is 1. The van der Waals surface area contributed by atoms with Gasteiger partial charge in [0, 0.05) is 6.26 Å². The first kappa shape index (κ1) is 21.0. The van der Waals surface area contributed by atoms with Gasteiger partial charge in [0.05, 0.1) is 36.3 Å². The minimum absolute atomic E-state index is 0.0277. The third-order valence-corrected chi connectivity index (χ3v) is 8.37. The molecule has 10 nitrogen and oxygen atoms in total. The minimum Gasteiger partial charge on any atom is -0.486 e. The molecule has 1 fully saturated rings. The van der Waals surface area contributed by atoms with Crippen LogP contribution >= 0.6 is 0 Å². The van der Waals surface area contributed by atoms with Gasteiger partial charge in [0.2, 0.25) is 11.9 Å². The number of fused-ring (bicyclic) bond motifs is 4. The van der Waals surface area contributed by atoms with E-state index in [0.717, 1.165) is 5.52 Å². The van der Waals surface area contributed by atoms with Crippen molar-refractivity contribution in [3.8, 4) is 11.7 Å². The fourth-order valence-corrected chi connectivity index (χ4v) is 4.75. The van der Waals surface area contributed by atoms with E-state index >= 15 is 0 Å². The van der Waals surface area contributed by atoms with Crippen molar-refractivity contribution in [2.24, 2.45) is 0 Å². The van der Waals surface area contributed by atoms with E-state index in [0.29, 0.717) is 42.6 Å². The normalized spacial score (nSPS) is 21.2. The Morgan fingerprint density at radius 1 is 1.12 bits per heavy atom. The lowest BCUT2D eigenvalue weighted by Gasteiger charge is -2.45. The van der Waals surface area contributed by atoms with E-state index < -0.39 is 14.6 Å². The number of aromatic nitrogens is 4. The van der Waals surface area contributed by atoms with Gasteiger partial charge in [-0.25, -0.2) is 23.0 Å². The molecule has 2 N–H and O–H groups in total. The molecule has 4 heterocycles. The first-order valence-electron chi connectivity index (χ1n) is 10.4. The average Bonchev–Trinajstić information content (AvgIpc) is 3.07. The number of ether oxygens (including phenoxy) is 2. The van der Waals surface area contributed by atoms with Crippen LogP contribution in [-0.4, -0.2) is 66.1 Å². The second kappa shape index (κ2) is 7.04. The van der Waals surface area contributed by atoms with Crippen LogP contribution in [0.1, 0.15) is 26.5 Å². The zero-order valence-electron chi connectivity index (χ0n) is 18.4. The molecule has 5 rings (SSSR count). The van der Waals surface area contributed by atoms with Crippen LogP contribution in [0.25, 0.3) is 17.0 Å². The molecular formula is C21H26N6O4S. The van der Waals surface area contributed by atoms with Crippen LogP contribution in [0.15, 0.2) is 24.3 Å². The molecule has 1 aromatic carbocycles. The SMILES string of the molecule is C[C@@H]1COC[C@H]2COc3c(nc(-n4c(N)nc5ccccc54)nc3C(C)(C)S(C)(=O)=O)N21. The van der Waals surface area contributed by atoms with Gasteiger partial charge in [0.1, 0.15) is 17.0 Å². The summed E-state index contributed by atoms with van der Waals surface area (Å²) < 4.78 is 37.6. The number of imidazole rings is 1. The highest BCUT2D eigenvalue weighted by molar-refractivity contribution is 7.91. The lowest BCUT2D eigenvalue weighted by molar-refractivity contribution is 0.0482. The molecule has 0 aliphatic carbocycles. The summed E-state index contributed by atoms with van der Waals surface area (Å²) in [6, 6.07) is 7.48. The first-order chi connectivity index (χ1) is 15.1. The predicted molar refractivity (Wildman–Crippen MR) is 121 cm³/mol. The van der Waals surface area contributed by atoms with Gasteiger partial charge in [-0.15, -0.1) is 0 Å². The Labute approximate surface area is 186 Å². The minimum atomic E-state index is -3.54. The van der Waals surface area contributed by atoms with Crippen LogP contribution in [0.3, 0.4) is 0 Å². The van der Waals surface area contributed by atoms with Crippen LogP contribution in [0.4, 0.5) is 11.8 Å². The fraction of sp³-hybridized carbons (Fsp3) is 0.476. The molecule has 0 bridgehead atoms. The van der Waals surface area contributed by atoms with Crippen LogP contribution < -0.4 is 15.4 Å². The van der Waals surface area contributed by atoms with Crippen molar-refractivity contribution in [3.05, 3.63) is 30.0 Å². The number of sulfone groups is 1. The number of nitrogens with zero attached hydrogens (tertiary/aromatic N) is 5. The van der Waals surface area contributed by atoms with Crippen LogP contribution in [0, 0.1) is 0 Å². The summed E-state index contributed by atoms with van der Waals surface area (Å²) in [4.78, 5) is 16.1. The molecule has 170 valence electrons. The van der Waals surface area contributed by atoms with Gasteiger partial charge in [-0.2, -0.15) is 4.98 Å². The molecule has 0 unspecified atom stereocenters. The number of benzene rings is 1. The second-order valence-electron chi connectivity index (χ2n) is 8.86. The highest BCUT2D eigenvalue weighted by Gasteiger charge is 2.44. The van der Waals surface area contributed by atoms with Gasteiger partial charge in [-0.05, 0) is 32.9 Å². The van der Waals surface area contributed by atoms with Crippen molar-refractivity contribution >= 4 is 32.6 Å². The number of rotatable bonds is 3. The molecule has 0 saturated carbocycles. The number of nitrogen functional groups attached to an aromatic ring is 1. The summed E-state index contributed by atoms with van der Waals surface area (Å²) in [6.45, 7) is 6.71. The maximum atomic E-state index is 12.8. The molecule has 2 aliphatic heterocycles. The highest BCUT2D eigenvalue weighted by Crippen LogP contribution is 2.44. The first-order valence-corrected chi connectivity index (χ1v) is 12.3. The molecule has 0 amide bonds. The Hall–Kier alpha value is -2.92. The quantitative estimate of drug-likeness (QED) is 0.623. The van der Waals surface area contributed by atoms with E-state index in [-0.39, 0.29) is 24.0 Å². The molecule has 3 aromatic rings.